The van der Waals surface area contributed by atoms with Crippen molar-refractivity contribution in [2.75, 3.05) is 17.6 Å². The topological polar surface area (TPSA) is 112 Å². The largest absolute Gasteiger partial charge is 0.495 e. The smallest absolute Gasteiger partial charge is 0.267 e. The Bertz CT molecular complexity index is 695. The van der Waals surface area contributed by atoms with Crippen LogP contribution in [0.5, 0.6) is 5.75 Å². The lowest BCUT2D eigenvalue weighted by atomic mass is 10.3. The molecule has 19 heavy (non-hydrogen) atoms. The molecule has 0 saturated heterocycles. The van der Waals surface area contributed by atoms with E-state index in [2.05, 4.69) is 14.8 Å². The van der Waals surface area contributed by atoms with Gasteiger partial charge in [0.05, 0.1) is 7.11 Å². The molecule has 2 rings (SSSR count). The Kier molecular flexibility index (Phi) is 3.30. The molecular formula is C10H13N5O3S. The van der Waals surface area contributed by atoms with Crippen molar-refractivity contribution in [1.29, 1.82) is 0 Å². The van der Waals surface area contributed by atoms with E-state index in [0.717, 1.165) is 0 Å². The van der Waals surface area contributed by atoms with Crippen LogP contribution in [0.25, 0.3) is 0 Å². The van der Waals surface area contributed by atoms with Crippen LogP contribution in [0.2, 0.25) is 0 Å². The van der Waals surface area contributed by atoms with E-state index in [0.29, 0.717) is 5.69 Å². The summed E-state index contributed by atoms with van der Waals surface area (Å²) in [6, 6.07) is 4.28. The lowest BCUT2D eigenvalue weighted by molar-refractivity contribution is 0.403. The average Bonchev–Trinajstić information content (AvgIpc) is 2.74. The normalized spacial score (nSPS) is 11.3. The minimum absolute atomic E-state index is 0.0211. The summed E-state index contributed by atoms with van der Waals surface area (Å²) in [5.74, 6) is 0.272. The lowest BCUT2D eigenvalue weighted by Crippen LogP contribution is -2.17. The van der Waals surface area contributed by atoms with Crippen LogP contribution in [0, 0.1) is 0 Å². The second-order valence-electron chi connectivity index (χ2n) is 3.72. The molecule has 8 nitrogen and oxygen atoms in total. The number of nitrogens with two attached hydrogens (primary N) is 1. The van der Waals surface area contributed by atoms with Crippen LogP contribution in [0.1, 0.15) is 0 Å². The highest BCUT2D eigenvalue weighted by atomic mass is 32.2. The number of anilines is 2. The van der Waals surface area contributed by atoms with Crippen molar-refractivity contribution in [3.05, 3.63) is 24.5 Å². The minimum Gasteiger partial charge on any atom is -0.495 e. The zero-order valence-corrected chi connectivity index (χ0v) is 11.2. The van der Waals surface area contributed by atoms with E-state index in [1.807, 2.05) is 0 Å². The first-order valence-corrected chi connectivity index (χ1v) is 6.72. The fraction of sp³-hybridized carbons (Fsp3) is 0.200. The number of sulfonamides is 1. The van der Waals surface area contributed by atoms with Gasteiger partial charge in [-0.05, 0) is 12.1 Å². The number of aromatic nitrogens is 3. The first-order chi connectivity index (χ1) is 8.94. The summed E-state index contributed by atoms with van der Waals surface area (Å²) in [6.45, 7) is 0. The predicted octanol–water partition coefficient (Wildman–Crippen LogP) is 0.207. The molecule has 0 aliphatic rings. The van der Waals surface area contributed by atoms with Gasteiger partial charge in [-0.2, -0.15) is 10.1 Å². The third kappa shape index (κ3) is 2.60. The molecule has 0 amide bonds. The third-order valence-electron chi connectivity index (χ3n) is 2.41. The van der Waals surface area contributed by atoms with Crippen molar-refractivity contribution in [2.24, 2.45) is 7.05 Å². The molecule has 0 saturated carbocycles. The number of aryl methyl sites for hydroxylation is 1. The Morgan fingerprint density at radius 3 is 2.74 bits per heavy atom. The second-order valence-corrected chi connectivity index (χ2v) is 5.37. The predicted molar refractivity (Wildman–Crippen MR) is 69.2 cm³/mol. The number of ether oxygens (including phenoxy) is 1. The Labute approximate surface area is 110 Å². The summed E-state index contributed by atoms with van der Waals surface area (Å²) in [6.07, 6.45) is 1.25. The van der Waals surface area contributed by atoms with Crippen molar-refractivity contribution in [3.8, 4) is 5.75 Å². The van der Waals surface area contributed by atoms with E-state index in [-0.39, 0.29) is 16.6 Å². The molecule has 0 bridgehead atoms. The Morgan fingerprint density at radius 2 is 2.16 bits per heavy atom. The van der Waals surface area contributed by atoms with Crippen molar-refractivity contribution < 1.29 is 13.2 Å². The van der Waals surface area contributed by atoms with Crippen molar-refractivity contribution in [2.45, 2.75) is 4.90 Å². The fourth-order valence-electron chi connectivity index (χ4n) is 1.47. The molecule has 0 radical (unpaired) electrons. The Balaban J connectivity index is 2.43. The highest BCUT2D eigenvalue weighted by molar-refractivity contribution is 7.92. The highest BCUT2D eigenvalue weighted by Gasteiger charge is 2.21. The molecule has 3 N–H and O–H groups in total. The number of benzene rings is 1. The second kappa shape index (κ2) is 4.76. The SMILES string of the molecule is COc1cc(N)ccc1S(=O)(=O)Nc1ncnn1C. The van der Waals surface area contributed by atoms with Gasteiger partial charge in [0.25, 0.3) is 10.0 Å². The molecule has 102 valence electrons. The van der Waals surface area contributed by atoms with Gasteiger partial charge in [0.2, 0.25) is 5.95 Å². The van der Waals surface area contributed by atoms with E-state index >= 15 is 0 Å². The maximum atomic E-state index is 12.2. The van der Waals surface area contributed by atoms with Crippen LogP contribution in [0.3, 0.4) is 0 Å². The van der Waals surface area contributed by atoms with E-state index in [1.165, 1.54) is 36.3 Å². The molecular weight excluding hydrogens is 270 g/mol. The van der Waals surface area contributed by atoms with Crippen LogP contribution in [0.4, 0.5) is 11.6 Å². The van der Waals surface area contributed by atoms with Gasteiger partial charge in [-0.25, -0.2) is 17.8 Å². The number of hydrogen-bond donors (Lipinski definition) is 2. The fourth-order valence-corrected chi connectivity index (χ4v) is 2.66. The molecule has 9 heteroatoms. The van der Waals surface area contributed by atoms with Gasteiger partial charge >= 0.3 is 0 Å². The maximum absolute atomic E-state index is 12.2. The first kappa shape index (κ1) is 13.1. The third-order valence-corrected chi connectivity index (χ3v) is 3.78. The van der Waals surface area contributed by atoms with E-state index in [9.17, 15) is 8.42 Å². The van der Waals surface area contributed by atoms with Crippen LogP contribution in [-0.4, -0.2) is 30.3 Å². The first-order valence-electron chi connectivity index (χ1n) is 5.24. The lowest BCUT2D eigenvalue weighted by Gasteiger charge is -2.11. The molecule has 1 aromatic heterocycles. The molecule has 0 aliphatic heterocycles. The monoisotopic (exact) mass is 283 g/mol. The highest BCUT2D eigenvalue weighted by Crippen LogP contribution is 2.27. The summed E-state index contributed by atoms with van der Waals surface area (Å²) >= 11 is 0. The molecule has 0 fully saturated rings. The van der Waals surface area contributed by atoms with Crippen molar-refractivity contribution in [1.82, 2.24) is 14.8 Å². The number of nitrogens with one attached hydrogen (secondary N) is 1. The van der Waals surface area contributed by atoms with Crippen LogP contribution in [0.15, 0.2) is 29.4 Å². The summed E-state index contributed by atoms with van der Waals surface area (Å²) in [5, 5.41) is 3.78. The van der Waals surface area contributed by atoms with Crippen molar-refractivity contribution in [3.63, 3.8) is 0 Å². The van der Waals surface area contributed by atoms with E-state index in [1.54, 1.807) is 7.05 Å². The molecule has 0 unspecified atom stereocenters. The standard InChI is InChI=1S/C10H13N5O3S/c1-15-10(12-6-13-15)14-19(16,17)9-4-3-7(11)5-8(9)18-2/h3-6H,11H2,1-2H3,(H,12,13,14). The molecule has 1 heterocycles. The number of nitrogens with zero attached hydrogens (tertiary/aromatic N) is 3. The maximum Gasteiger partial charge on any atom is 0.267 e. The summed E-state index contributed by atoms with van der Waals surface area (Å²) < 4.78 is 33.1. The van der Waals surface area contributed by atoms with Gasteiger partial charge in [-0.1, -0.05) is 0 Å². The minimum atomic E-state index is -3.82. The van der Waals surface area contributed by atoms with Gasteiger partial charge in [-0.3, -0.25) is 0 Å². The summed E-state index contributed by atoms with van der Waals surface area (Å²) in [7, 11) is -0.874. The molecule has 1 aromatic carbocycles. The quantitative estimate of drug-likeness (QED) is 0.775. The molecule has 0 atom stereocenters. The van der Waals surface area contributed by atoms with Gasteiger partial charge in [0, 0.05) is 18.8 Å². The number of hydrogen-bond acceptors (Lipinski definition) is 6. The van der Waals surface area contributed by atoms with Gasteiger partial charge in [-0.15, -0.1) is 0 Å². The van der Waals surface area contributed by atoms with E-state index in [4.69, 9.17) is 10.5 Å². The van der Waals surface area contributed by atoms with Crippen LogP contribution in [-0.2, 0) is 17.1 Å². The average molecular weight is 283 g/mol. The van der Waals surface area contributed by atoms with Gasteiger partial charge in [0.15, 0.2) is 0 Å². The van der Waals surface area contributed by atoms with Gasteiger partial charge < -0.3 is 10.5 Å². The summed E-state index contributed by atoms with van der Waals surface area (Å²) in [5.41, 5.74) is 6.00. The number of nitrogen functional groups attached to an aromatic ring is 1. The van der Waals surface area contributed by atoms with Crippen LogP contribution < -0.4 is 15.2 Å². The zero-order chi connectivity index (χ0) is 14.0. The number of methoxy groups -OCH3 is 1. The Hall–Kier alpha value is -2.29. The zero-order valence-electron chi connectivity index (χ0n) is 10.4. The molecule has 2 aromatic rings. The van der Waals surface area contributed by atoms with Gasteiger partial charge in [0.1, 0.15) is 17.0 Å². The Morgan fingerprint density at radius 1 is 1.42 bits per heavy atom. The van der Waals surface area contributed by atoms with Crippen molar-refractivity contribution >= 4 is 21.7 Å². The molecule has 0 spiro atoms. The number of rotatable bonds is 4. The summed E-state index contributed by atoms with van der Waals surface area (Å²) in [4.78, 5) is 3.77. The molecule has 0 aliphatic carbocycles. The van der Waals surface area contributed by atoms with E-state index < -0.39 is 10.0 Å². The van der Waals surface area contributed by atoms with Crippen LogP contribution >= 0.6 is 0 Å².